The standard InChI is InChI=1S/C16H25N3S/c1-12-5-8-19(9-6-12)10-7-14-18-15(16(2,3)4)13(11-17)20-14/h12H,5-10H2,1-4H3. The van der Waals surface area contributed by atoms with E-state index in [1.165, 1.54) is 25.9 Å². The van der Waals surface area contributed by atoms with E-state index in [4.69, 9.17) is 4.98 Å². The van der Waals surface area contributed by atoms with Crippen molar-refractivity contribution < 1.29 is 0 Å². The summed E-state index contributed by atoms with van der Waals surface area (Å²) in [5.41, 5.74) is 0.924. The molecule has 1 fully saturated rings. The van der Waals surface area contributed by atoms with Gasteiger partial charge >= 0.3 is 0 Å². The SMILES string of the molecule is CC1CCN(CCc2nc(C(C)(C)C)c(C#N)s2)CC1. The zero-order valence-corrected chi connectivity index (χ0v) is 13.9. The van der Waals surface area contributed by atoms with E-state index in [1.54, 1.807) is 11.3 Å². The number of thiazole rings is 1. The van der Waals surface area contributed by atoms with Crippen LogP contribution in [0.5, 0.6) is 0 Å². The van der Waals surface area contributed by atoms with Crippen LogP contribution < -0.4 is 0 Å². The first kappa shape index (κ1) is 15.5. The van der Waals surface area contributed by atoms with Crippen LogP contribution in [0.3, 0.4) is 0 Å². The summed E-state index contributed by atoms with van der Waals surface area (Å²) in [5, 5.41) is 10.4. The Balaban J connectivity index is 1.97. The molecule has 2 rings (SSSR count). The van der Waals surface area contributed by atoms with Crippen LogP contribution in [-0.2, 0) is 11.8 Å². The minimum Gasteiger partial charge on any atom is -0.303 e. The van der Waals surface area contributed by atoms with Crippen LogP contribution in [0.4, 0.5) is 0 Å². The first-order chi connectivity index (χ1) is 9.40. The van der Waals surface area contributed by atoms with Gasteiger partial charge in [-0.1, -0.05) is 27.7 Å². The third kappa shape index (κ3) is 3.80. The average molecular weight is 291 g/mol. The summed E-state index contributed by atoms with van der Waals surface area (Å²) >= 11 is 1.58. The quantitative estimate of drug-likeness (QED) is 0.854. The predicted molar refractivity (Wildman–Crippen MR) is 84.1 cm³/mol. The second kappa shape index (κ2) is 6.24. The van der Waals surface area contributed by atoms with Crippen LogP contribution in [-0.4, -0.2) is 29.5 Å². The van der Waals surface area contributed by atoms with Crippen molar-refractivity contribution in [2.45, 2.75) is 52.4 Å². The number of aromatic nitrogens is 1. The van der Waals surface area contributed by atoms with Crippen LogP contribution in [0.25, 0.3) is 0 Å². The van der Waals surface area contributed by atoms with E-state index in [2.05, 4.69) is 38.7 Å². The zero-order chi connectivity index (χ0) is 14.8. The summed E-state index contributed by atoms with van der Waals surface area (Å²) < 4.78 is 0. The number of rotatable bonds is 3. The topological polar surface area (TPSA) is 39.9 Å². The molecule has 3 nitrogen and oxygen atoms in total. The van der Waals surface area contributed by atoms with Gasteiger partial charge in [0.1, 0.15) is 10.9 Å². The summed E-state index contributed by atoms with van der Waals surface area (Å²) in [6.45, 7) is 12.2. The average Bonchev–Trinajstić information content (AvgIpc) is 2.81. The smallest absolute Gasteiger partial charge is 0.128 e. The van der Waals surface area contributed by atoms with Gasteiger partial charge in [0.15, 0.2) is 0 Å². The maximum absolute atomic E-state index is 9.25. The van der Waals surface area contributed by atoms with E-state index in [-0.39, 0.29) is 5.41 Å². The van der Waals surface area contributed by atoms with Crippen molar-refractivity contribution in [1.82, 2.24) is 9.88 Å². The maximum atomic E-state index is 9.25. The number of hydrogen-bond donors (Lipinski definition) is 0. The van der Waals surface area contributed by atoms with Gasteiger partial charge in [0.25, 0.3) is 0 Å². The predicted octanol–water partition coefficient (Wildman–Crippen LogP) is 3.59. The Morgan fingerprint density at radius 3 is 2.50 bits per heavy atom. The summed E-state index contributed by atoms with van der Waals surface area (Å²) in [4.78, 5) is 8.04. The van der Waals surface area contributed by atoms with Crippen LogP contribution in [0.1, 0.15) is 56.1 Å². The maximum Gasteiger partial charge on any atom is 0.128 e. The lowest BCUT2D eigenvalue weighted by molar-refractivity contribution is 0.194. The van der Waals surface area contributed by atoms with E-state index in [1.807, 2.05) is 0 Å². The monoisotopic (exact) mass is 291 g/mol. The Labute approximate surface area is 126 Å². The molecule has 1 saturated heterocycles. The molecule has 1 aromatic heterocycles. The highest BCUT2D eigenvalue weighted by molar-refractivity contribution is 7.12. The second-order valence-electron chi connectivity index (χ2n) is 6.92. The lowest BCUT2D eigenvalue weighted by Crippen LogP contribution is -2.34. The van der Waals surface area contributed by atoms with Gasteiger partial charge in [-0.25, -0.2) is 4.98 Å². The molecule has 0 amide bonds. The van der Waals surface area contributed by atoms with Crippen molar-refractivity contribution in [3.63, 3.8) is 0 Å². The lowest BCUT2D eigenvalue weighted by atomic mass is 9.91. The van der Waals surface area contributed by atoms with Gasteiger partial charge in [-0.15, -0.1) is 11.3 Å². The molecule has 0 atom stereocenters. The summed E-state index contributed by atoms with van der Waals surface area (Å²) in [6, 6.07) is 2.31. The molecule has 0 unspecified atom stereocenters. The molecule has 1 aliphatic rings. The molecule has 0 aromatic carbocycles. The largest absolute Gasteiger partial charge is 0.303 e. The first-order valence-corrected chi connectivity index (χ1v) is 8.34. The zero-order valence-electron chi connectivity index (χ0n) is 13.1. The van der Waals surface area contributed by atoms with Crippen molar-refractivity contribution in [2.24, 2.45) is 5.92 Å². The number of piperidine rings is 1. The minimum absolute atomic E-state index is 0.0413. The molecule has 0 saturated carbocycles. The van der Waals surface area contributed by atoms with Gasteiger partial charge < -0.3 is 4.90 Å². The number of nitrogens with zero attached hydrogens (tertiary/aromatic N) is 3. The van der Waals surface area contributed by atoms with E-state index in [0.29, 0.717) is 0 Å². The van der Waals surface area contributed by atoms with Crippen LogP contribution in [0.15, 0.2) is 0 Å². The third-order valence-corrected chi connectivity index (χ3v) is 5.02. The van der Waals surface area contributed by atoms with E-state index in [0.717, 1.165) is 34.5 Å². The Kier molecular flexibility index (Phi) is 4.82. The fraction of sp³-hybridized carbons (Fsp3) is 0.750. The van der Waals surface area contributed by atoms with Crippen molar-refractivity contribution in [3.05, 3.63) is 15.6 Å². The third-order valence-electron chi connectivity index (χ3n) is 4.00. The van der Waals surface area contributed by atoms with Crippen LogP contribution >= 0.6 is 11.3 Å². The molecule has 0 aliphatic carbocycles. The van der Waals surface area contributed by atoms with Crippen LogP contribution in [0.2, 0.25) is 0 Å². The highest BCUT2D eigenvalue weighted by atomic mass is 32.1. The van der Waals surface area contributed by atoms with E-state index in [9.17, 15) is 5.26 Å². The molecule has 4 heteroatoms. The Hall–Kier alpha value is -0.920. The molecule has 0 spiro atoms. The van der Waals surface area contributed by atoms with E-state index >= 15 is 0 Å². The number of likely N-dealkylation sites (tertiary alicyclic amines) is 1. The summed E-state index contributed by atoms with van der Waals surface area (Å²) in [5.74, 6) is 0.879. The number of nitriles is 1. The number of hydrogen-bond acceptors (Lipinski definition) is 4. The molecule has 0 radical (unpaired) electrons. The molecule has 20 heavy (non-hydrogen) atoms. The molecule has 1 aliphatic heterocycles. The Morgan fingerprint density at radius 1 is 1.35 bits per heavy atom. The first-order valence-electron chi connectivity index (χ1n) is 7.53. The van der Waals surface area contributed by atoms with Gasteiger partial charge in [-0.2, -0.15) is 5.26 Å². The highest BCUT2D eigenvalue weighted by Crippen LogP contribution is 2.29. The molecule has 0 N–H and O–H groups in total. The van der Waals surface area contributed by atoms with Crippen molar-refractivity contribution in [1.29, 1.82) is 5.26 Å². The molecular weight excluding hydrogens is 266 g/mol. The molecule has 0 bridgehead atoms. The fourth-order valence-electron chi connectivity index (χ4n) is 2.59. The van der Waals surface area contributed by atoms with Gasteiger partial charge in [-0.3, -0.25) is 0 Å². The van der Waals surface area contributed by atoms with Gasteiger partial charge in [0.2, 0.25) is 0 Å². The highest BCUT2D eigenvalue weighted by Gasteiger charge is 2.23. The fourth-order valence-corrected chi connectivity index (χ4v) is 3.65. The summed E-state index contributed by atoms with van der Waals surface area (Å²) in [6.07, 6.45) is 3.60. The molecule has 2 heterocycles. The van der Waals surface area contributed by atoms with Crippen molar-refractivity contribution in [3.8, 4) is 6.07 Å². The minimum atomic E-state index is -0.0413. The summed E-state index contributed by atoms with van der Waals surface area (Å²) in [7, 11) is 0. The van der Waals surface area contributed by atoms with Crippen molar-refractivity contribution >= 4 is 11.3 Å². The van der Waals surface area contributed by atoms with Gasteiger partial charge in [0.05, 0.1) is 10.7 Å². The molecule has 1 aromatic rings. The van der Waals surface area contributed by atoms with E-state index < -0.39 is 0 Å². The van der Waals surface area contributed by atoms with Gasteiger partial charge in [0, 0.05) is 18.4 Å². The Bertz CT molecular complexity index is 485. The van der Waals surface area contributed by atoms with Crippen molar-refractivity contribution in [2.75, 3.05) is 19.6 Å². The normalized spacial score (nSPS) is 18.1. The second-order valence-corrected chi connectivity index (χ2v) is 8.00. The molecular formula is C16H25N3S. The molecule has 110 valence electrons. The van der Waals surface area contributed by atoms with Gasteiger partial charge in [-0.05, 0) is 31.8 Å². The lowest BCUT2D eigenvalue weighted by Gasteiger charge is -2.29. The van der Waals surface area contributed by atoms with Crippen LogP contribution in [0, 0.1) is 17.2 Å². The Morgan fingerprint density at radius 2 is 2.00 bits per heavy atom.